The van der Waals surface area contributed by atoms with Crippen LogP contribution in [0, 0.1) is 0 Å². The van der Waals surface area contributed by atoms with Crippen LogP contribution in [0.2, 0.25) is 0 Å². The summed E-state index contributed by atoms with van der Waals surface area (Å²) in [4.78, 5) is 32.0. The van der Waals surface area contributed by atoms with Gasteiger partial charge in [0.15, 0.2) is 5.69 Å². The molecule has 6 nitrogen and oxygen atoms in total. The van der Waals surface area contributed by atoms with Crippen LogP contribution in [0.4, 0.5) is 5.69 Å². The molecule has 0 saturated carbocycles. The average Bonchev–Trinajstić information content (AvgIpc) is 2.78. The molecule has 6 heteroatoms. The molecule has 1 fully saturated rings. The zero-order valence-electron chi connectivity index (χ0n) is 16.2. The van der Waals surface area contributed by atoms with E-state index in [1.165, 1.54) is 6.42 Å². The van der Waals surface area contributed by atoms with E-state index in [2.05, 4.69) is 20.5 Å². The highest BCUT2D eigenvalue weighted by atomic mass is 16.2. The summed E-state index contributed by atoms with van der Waals surface area (Å²) in [5.41, 5.74) is 1.19. The molecule has 0 radical (unpaired) electrons. The molecule has 2 heterocycles. The average molecular weight is 388 g/mol. The van der Waals surface area contributed by atoms with Crippen LogP contribution < -0.4 is 10.6 Å². The van der Waals surface area contributed by atoms with Gasteiger partial charge in [0.25, 0.3) is 11.8 Å². The Bertz CT molecular complexity index is 1020. The Balaban J connectivity index is 1.50. The summed E-state index contributed by atoms with van der Waals surface area (Å²) in [6.45, 7) is 2.48. The van der Waals surface area contributed by atoms with E-state index in [0.717, 1.165) is 36.7 Å². The number of nitrogens with zero attached hydrogens (tertiary/aromatic N) is 2. The summed E-state index contributed by atoms with van der Waals surface area (Å²) >= 11 is 0. The minimum atomic E-state index is -0.288. The van der Waals surface area contributed by atoms with E-state index in [9.17, 15) is 9.59 Å². The Morgan fingerprint density at radius 3 is 2.55 bits per heavy atom. The molecule has 1 aliphatic heterocycles. The monoisotopic (exact) mass is 388 g/mol. The summed E-state index contributed by atoms with van der Waals surface area (Å²) in [5, 5.41) is 7.65. The molecule has 0 bridgehead atoms. The summed E-state index contributed by atoms with van der Waals surface area (Å²) in [6, 6.07) is 16.7. The van der Waals surface area contributed by atoms with Crippen molar-refractivity contribution in [3.63, 3.8) is 0 Å². The molecule has 0 aliphatic carbocycles. The van der Waals surface area contributed by atoms with E-state index in [-0.39, 0.29) is 17.5 Å². The summed E-state index contributed by atoms with van der Waals surface area (Å²) in [6.07, 6.45) is 5.12. The minimum Gasteiger partial charge on any atom is -0.338 e. The Labute approximate surface area is 169 Å². The number of fused-ring (bicyclic) bond motifs is 1. The van der Waals surface area contributed by atoms with Crippen molar-refractivity contribution in [2.24, 2.45) is 0 Å². The predicted molar refractivity (Wildman–Crippen MR) is 114 cm³/mol. The molecule has 0 spiro atoms. The van der Waals surface area contributed by atoms with E-state index >= 15 is 0 Å². The number of rotatable bonds is 5. The summed E-state index contributed by atoms with van der Waals surface area (Å²) < 4.78 is 0. The normalized spacial score (nSPS) is 14.5. The number of carbonyl (C=O) groups excluding carboxylic acids is 2. The third-order valence-electron chi connectivity index (χ3n) is 5.22. The molecular formula is C23H24N4O2. The number of hydrogen-bond acceptors (Lipinski definition) is 4. The smallest absolute Gasteiger partial charge is 0.273 e. The van der Waals surface area contributed by atoms with Crippen molar-refractivity contribution in [3.8, 4) is 0 Å². The number of benzene rings is 2. The Morgan fingerprint density at radius 1 is 0.897 bits per heavy atom. The topological polar surface area (TPSA) is 74.3 Å². The van der Waals surface area contributed by atoms with Crippen molar-refractivity contribution in [1.82, 2.24) is 15.2 Å². The van der Waals surface area contributed by atoms with Crippen LogP contribution in [0.3, 0.4) is 0 Å². The highest BCUT2D eigenvalue weighted by molar-refractivity contribution is 6.14. The number of aromatic nitrogens is 1. The molecule has 2 amide bonds. The Hall–Kier alpha value is -3.25. The first-order chi connectivity index (χ1) is 14.2. The predicted octanol–water partition coefficient (Wildman–Crippen LogP) is 3.66. The molecule has 1 aromatic heterocycles. The van der Waals surface area contributed by atoms with Crippen molar-refractivity contribution in [3.05, 3.63) is 72.1 Å². The molecule has 3 aromatic rings. The van der Waals surface area contributed by atoms with E-state index in [1.807, 2.05) is 36.4 Å². The van der Waals surface area contributed by atoms with Crippen molar-refractivity contribution >= 4 is 28.3 Å². The first kappa shape index (κ1) is 19.1. The fourth-order valence-corrected chi connectivity index (χ4v) is 3.69. The molecule has 0 unspecified atom stereocenters. The van der Waals surface area contributed by atoms with Gasteiger partial charge >= 0.3 is 0 Å². The Kier molecular flexibility index (Phi) is 5.81. The molecule has 148 valence electrons. The van der Waals surface area contributed by atoms with Gasteiger partial charge in [-0.2, -0.15) is 0 Å². The number of hydrogen-bond donors (Lipinski definition) is 2. The van der Waals surface area contributed by atoms with Crippen LogP contribution in [0.25, 0.3) is 10.8 Å². The van der Waals surface area contributed by atoms with Crippen LogP contribution >= 0.6 is 0 Å². The van der Waals surface area contributed by atoms with Crippen LogP contribution in [-0.2, 0) is 0 Å². The molecule has 29 heavy (non-hydrogen) atoms. The Morgan fingerprint density at radius 2 is 1.69 bits per heavy atom. The molecular weight excluding hydrogens is 364 g/mol. The maximum Gasteiger partial charge on any atom is 0.273 e. The van der Waals surface area contributed by atoms with Gasteiger partial charge in [0, 0.05) is 11.8 Å². The van der Waals surface area contributed by atoms with Gasteiger partial charge in [-0.05, 0) is 54.9 Å². The lowest BCUT2D eigenvalue weighted by Gasteiger charge is -2.26. The number of likely N-dealkylation sites (tertiary alicyclic amines) is 1. The maximum absolute atomic E-state index is 12.9. The number of carbonyl (C=O) groups is 2. The second-order valence-corrected chi connectivity index (χ2v) is 7.22. The number of nitrogens with one attached hydrogen (secondary N) is 2. The minimum absolute atomic E-state index is 0.220. The molecule has 4 rings (SSSR count). The van der Waals surface area contributed by atoms with Gasteiger partial charge in [-0.25, -0.2) is 4.98 Å². The second kappa shape index (κ2) is 8.84. The van der Waals surface area contributed by atoms with Gasteiger partial charge in [-0.1, -0.05) is 42.8 Å². The van der Waals surface area contributed by atoms with Gasteiger partial charge in [0.2, 0.25) is 0 Å². The SMILES string of the molecule is O=C(NCN1CCCCC1)c1ncccc1NC(=O)c1cccc2ccccc12. The van der Waals surface area contributed by atoms with Gasteiger partial charge in [0.1, 0.15) is 0 Å². The first-order valence-electron chi connectivity index (χ1n) is 9.97. The fourth-order valence-electron chi connectivity index (χ4n) is 3.69. The largest absolute Gasteiger partial charge is 0.338 e. The van der Waals surface area contributed by atoms with E-state index in [0.29, 0.717) is 17.9 Å². The third kappa shape index (κ3) is 4.43. The highest BCUT2D eigenvalue weighted by Crippen LogP contribution is 2.21. The number of amides is 2. The van der Waals surface area contributed by atoms with E-state index < -0.39 is 0 Å². The lowest BCUT2D eigenvalue weighted by Crippen LogP contribution is -2.40. The third-order valence-corrected chi connectivity index (χ3v) is 5.22. The highest BCUT2D eigenvalue weighted by Gasteiger charge is 2.18. The fraction of sp³-hybridized carbons (Fsp3) is 0.261. The molecule has 0 atom stereocenters. The van der Waals surface area contributed by atoms with Crippen LogP contribution in [-0.4, -0.2) is 41.5 Å². The maximum atomic E-state index is 12.9. The standard InChI is InChI=1S/C23H24N4O2/c28-22(19-11-6-9-17-8-2-3-10-18(17)19)26-20-12-7-13-24-21(20)23(29)25-16-27-14-4-1-5-15-27/h2-3,6-13H,1,4-5,14-16H2,(H,25,29)(H,26,28). The van der Waals surface area contributed by atoms with E-state index in [4.69, 9.17) is 0 Å². The van der Waals surface area contributed by atoms with Gasteiger partial charge in [-0.15, -0.1) is 0 Å². The molecule has 1 saturated heterocycles. The van der Waals surface area contributed by atoms with Crippen LogP contribution in [0.5, 0.6) is 0 Å². The van der Waals surface area contributed by atoms with Crippen LogP contribution in [0.15, 0.2) is 60.8 Å². The first-order valence-corrected chi connectivity index (χ1v) is 9.97. The lowest BCUT2D eigenvalue weighted by molar-refractivity contribution is 0.0910. The lowest BCUT2D eigenvalue weighted by atomic mass is 10.0. The van der Waals surface area contributed by atoms with Crippen LogP contribution in [0.1, 0.15) is 40.1 Å². The van der Waals surface area contributed by atoms with Gasteiger partial charge in [-0.3, -0.25) is 14.5 Å². The zero-order chi connectivity index (χ0) is 20.1. The molecule has 2 aromatic carbocycles. The second-order valence-electron chi connectivity index (χ2n) is 7.22. The van der Waals surface area contributed by atoms with Crippen molar-refractivity contribution in [2.75, 3.05) is 25.1 Å². The summed E-state index contributed by atoms with van der Waals surface area (Å²) in [5.74, 6) is -0.552. The number of pyridine rings is 1. The van der Waals surface area contributed by atoms with Crippen molar-refractivity contribution in [1.29, 1.82) is 0 Å². The molecule has 1 aliphatic rings. The number of anilines is 1. The van der Waals surface area contributed by atoms with Crippen molar-refractivity contribution in [2.45, 2.75) is 19.3 Å². The molecule has 2 N–H and O–H groups in total. The quantitative estimate of drug-likeness (QED) is 0.700. The van der Waals surface area contributed by atoms with E-state index in [1.54, 1.807) is 24.4 Å². The summed E-state index contributed by atoms with van der Waals surface area (Å²) in [7, 11) is 0. The van der Waals surface area contributed by atoms with Gasteiger partial charge in [0.05, 0.1) is 12.4 Å². The van der Waals surface area contributed by atoms with Gasteiger partial charge < -0.3 is 10.6 Å². The van der Waals surface area contributed by atoms with Crippen molar-refractivity contribution < 1.29 is 9.59 Å². The zero-order valence-corrected chi connectivity index (χ0v) is 16.2. The number of piperidine rings is 1.